The van der Waals surface area contributed by atoms with Gasteiger partial charge in [-0.05, 0) is 19.1 Å². The average molecular weight is 319 g/mol. The average Bonchev–Trinajstić information content (AvgIpc) is 2.91. The van der Waals surface area contributed by atoms with E-state index >= 15 is 0 Å². The first-order valence-electron chi connectivity index (χ1n) is 6.77. The number of methoxy groups -OCH3 is 2. The summed E-state index contributed by atoms with van der Waals surface area (Å²) in [6.07, 6.45) is -0.369. The first kappa shape index (κ1) is 16.3. The summed E-state index contributed by atoms with van der Waals surface area (Å²) in [7, 11) is 3.00. The molecule has 0 saturated carbocycles. The molecule has 1 aromatic carbocycles. The first-order chi connectivity index (χ1) is 11.0. The van der Waals surface area contributed by atoms with Crippen molar-refractivity contribution in [3.63, 3.8) is 0 Å². The number of hydrogen-bond acceptors (Lipinski definition) is 6. The van der Waals surface area contributed by atoms with Gasteiger partial charge in [0.1, 0.15) is 23.7 Å². The zero-order valence-corrected chi connectivity index (χ0v) is 13.0. The van der Waals surface area contributed by atoms with Crippen molar-refractivity contribution in [1.82, 2.24) is 5.16 Å². The number of anilines is 2. The number of carbonyl (C=O) groups is 2. The molecule has 0 radical (unpaired) electrons. The molecular formula is C15H17N3O5. The second kappa shape index (κ2) is 7.30. The lowest BCUT2D eigenvalue weighted by molar-refractivity contribution is -0.123. The Morgan fingerprint density at radius 3 is 2.48 bits per heavy atom. The van der Waals surface area contributed by atoms with E-state index < -0.39 is 11.8 Å². The molecule has 23 heavy (non-hydrogen) atoms. The molecule has 122 valence electrons. The van der Waals surface area contributed by atoms with Crippen LogP contribution in [0.2, 0.25) is 0 Å². The number of aryl methyl sites for hydroxylation is 1. The molecule has 1 heterocycles. The highest BCUT2D eigenvalue weighted by molar-refractivity contribution is 6.08. The van der Waals surface area contributed by atoms with Crippen LogP contribution < -0.4 is 20.1 Å². The maximum Gasteiger partial charge on any atom is 0.235 e. The van der Waals surface area contributed by atoms with E-state index in [0.717, 1.165) is 0 Å². The number of carbonyl (C=O) groups excluding carboxylic acids is 2. The number of rotatable bonds is 6. The van der Waals surface area contributed by atoms with Gasteiger partial charge in [-0.25, -0.2) is 0 Å². The van der Waals surface area contributed by atoms with E-state index in [-0.39, 0.29) is 12.2 Å². The van der Waals surface area contributed by atoms with Crippen molar-refractivity contribution >= 4 is 23.3 Å². The van der Waals surface area contributed by atoms with Crippen molar-refractivity contribution < 1.29 is 23.6 Å². The Morgan fingerprint density at radius 2 is 1.87 bits per heavy atom. The fourth-order valence-corrected chi connectivity index (χ4v) is 1.86. The summed E-state index contributed by atoms with van der Waals surface area (Å²) in [5.41, 5.74) is 0.418. The second-order valence-electron chi connectivity index (χ2n) is 4.66. The van der Waals surface area contributed by atoms with Gasteiger partial charge in [0.2, 0.25) is 11.8 Å². The van der Waals surface area contributed by atoms with E-state index in [9.17, 15) is 9.59 Å². The summed E-state index contributed by atoms with van der Waals surface area (Å²) in [5.74, 6) is 0.854. The summed E-state index contributed by atoms with van der Waals surface area (Å²) >= 11 is 0. The number of nitrogens with zero attached hydrogens (tertiary/aromatic N) is 1. The molecule has 0 aliphatic carbocycles. The van der Waals surface area contributed by atoms with E-state index in [0.29, 0.717) is 22.9 Å². The third-order valence-corrected chi connectivity index (χ3v) is 2.90. The molecule has 0 atom stereocenters. The summed E-state index contributed by atoms with van der Waals surface area (Å²) in [6.45, 7) is 1.70. The van der Waals surface area contributed by atoms with Gasteiger partial charge in [-0.15, -0.1) is 0 Å². The summed E-state index contributed by atoms with van der Waals surface area (Å²) in [4.78, 5) is 23.8. The maximum absolute atomic E-state index is 12.0. The monoisotopic (exact) mass is 319 g/mol. The van der Waals surface area contributed by atoms with Crippen molar-refractivity contribution in [3.05, 3.63) is 30.0 Å². The predicted molar refractivity (Wildman–Crippen MR) is 82.7 cm³/mol. The van der Waals surface area contributed by atoms with Crippen molar-refractivity contribution in [2.75, 3.05) is 24.9 Å². The third kappa shape index (κ3) is 4.47. The largest absolute Gasteiger partial charge is 0.497 e. The molecule has 2 amide bonds. The normalized spacial score (nSPS) is 10.0. The van der Waals surface area contributed by atoms with Crippen LogP contribution in [0.1, 0.15) is 12.2 Å². The van der Waals surface area contributed by atoms with E-state index in [1.165, 1.54) is 14.2 Å². The van der Waals surface area contributed by atoms with Crippen LogP contribution in [0.5, 0.6) is 11.5 Å². The number of amides is 2. The molecule has 8 nitrogen and oxygen atoms in total. The van der Waals surface area contributed by atoms with Crippen LogP contribution in [0, 0.1) is 6.92 Å². The van der Waals surface area contributed by atoms with Gasteiger partial charge in [0, 0.05) is 12.1 Å². The van der Waals surface area contributed by atoms with Gasteiger partial charge in [0.05, 0.1) is 19.9 Å². The molecule has 0 saturated heterocycles. The topological polar surface area (TPSA) is 103 Å². The Bertz CT molecular complexity index is 711. The molecule has 2 rings (SSSR count). The van der Waals surface area contributed by atoms with E-state index in [1.54, 1.807) is 31.2 Å². The van der Waals surface area contributed by atoms with Crippen LogP contribution in [0.3, 0.4) is 0 Å². The van der Waals surface area contributed by atoms with Gasteiger partial charge in [-0.3, -0.25) is 9.59 Å². The maximum atomic E-state index is 12.0. The van der Waals surface area contributed by atoms with Crippen LogP contribution in [0.15, 0.2) is 28.8 Å². The molecule has 1 aromatic heterocycles. The first-order valence-corrected chi connectivity index (χ1v) is 6.77. The predicted octanol–water partition coefficient (Wildman–Crippen LogP) is 1.97. The lowest BCUT2D eigenvalue weighted by Gasteiger charge is -2.11. The Kier molecular flexibility index (Phi) is 5.19. The second-order valence-corrected chi connectivity index (χ2v) is 4.66. The Labute approximate surface area is 132 Å². The van der Waals surface area contributed by atoms with Crippen molar-refractivity contribution in [3.8, 4) is 11.5 Å². The van der Waals surface area contributed by atoms with Crippen molar-refractivity contribution in [1.29, 1.82) is 0 Å². The number of benzene rings is 1. The third-order valence-electron chi connectivity index (χ3n) is 2.90. The molecular weight excluding hydrogens is 302 g/mol. The fourth-order valence-electron chi connectivity index (χ4n) is 1.86. The van der Waals surface area contributed by atoms with Gasteiger partial charge in [-0.2, -0.15) is 0 Å². The highest BCUT2D eigenvalue weighted by Gasteiger charge is 2.14. The number of hydrogen-bond donors (Lipinski definition) is 2. The lowest BCUT2D eigenvalue weighted by atomic mass is 10.2. The SMILES string of the molecule is COc1ccc(OC)c(NC(=O)CC(=O)Nc2cc(C)on2)c1. The zero-order valence-electron chi connectivity index (χ0n) is 13.0. The molecule has 0 aliphatic rings. The fraction of sp³-hybridized carbons (Fsp3) is 0.267. The molecule has 0 bridgehead atoms. The molecule has 2 N–H and O–H groups in total. The molecule has 0 aliphatic heterocycles. The number of nitrogens with one attached hydrogen (secondary N) is 2. The highest BCUT2D eigenvalue weighted by Crippen LogP contribution is 2.28. The smallest absolute Gasteiger partial charge is 0.235 e. The molecule has 0 spiro atoms. The van der Waals surface area contributed by atoms with Gasteiger partial charge in [-0.1, -0.05) is 5.16 Å². The van der Waals surface area contributed by atoms with Crippen LogP contribution in [-0.2, 0) is 9.59 Å². The summed E-state index contributed by atoms with van der Waals surface area (Å²) < 4.78 is 15.1. The number of aromatic nitrogens is 1. The standard InChI is InChI=1S/C15H17N3O5/c1-9-6-13(18-23-9)17-15(20)8-14(19)16-11-7-10(21-2)4-5-12(11)22-3/h4-7H,8H2,1-3H3,(H,16,19)(H,17,18,20). The molecule has 0 unspecified atom stereocenters. The molecule has 0 fully saturated rings. The molecule has 8 heteroatoms. The zero-order chi connectivity index (χ0) is 16.8. The van der Waals surface area contributed by atoms with Crippen LogP contribution >= 0.6 is 0 Å². The van der Waals surface area contributed by atoms with Gasteiger partial charge in [0.15, 0.2) is 5.82 Å². The van der Waals surface area contributed by atoms with Gasteiger partial charge >= 0.3 is 0 Å². The quantitative estimate of drug-likeness (QED) is 0.789. The minimum absolute atomic E-state index is 0.263. The van der Waals surface area contributed by atoms with E-state index in [2.05, 4.69) is 15.8 Å². The Hall–Kier alpha value is -3.03. The van der Waals surface area contributed by atoms with Crippen LogP contribution in [0.25, 0.3) is 0 Å². The van der Waals surface area contributed by atoms with Crippen LogP contribution in [0.4, 0.5) is 11.5 Å². The van der Waals surface area contributed by atoms with Gasteiger partial charge < -0.3 is 24.6 Å². The Morgan fingerprint density at radius 1 is 1.13 bits per heavy atom. The minimum atomic E-state index is -0.502. The lowest BCUT2D eigenvalue weighted by Crippen LogP contribution is -2.21. The summed E-state index contributed by atoms with van der Waals surface area (Å²) in [6, 6.07) is 6.53. The van der Waals surface area contributed by atoms with Gasteiger partial charge in [0.25, 0.3) is 0 Å². The Balaban J connectivity index is 1.97. The highest BCUT2D eigenvalue weighted by atomic mass is 16.5. The minimum Gasteiger partial charge on any atom is -0.497 e. The van der Waals surface area contributed by atoms with Crippen molar-refractivity contribution in [2.45, 2.75) is 13.3 Å². The molecule has 2 aromatic rings. The van der Waals surface area contributed by atoms with E-state index in [4.69, 9.17) is 14.0 Å². The van der Waals surface area contributed by atoms with E-state index in [1.807, 2.05) is 0 Å². The summed E-state index contributed by atoms with van der Waals surface area (Å²) in [5, 5.41) is 8.70. The van der Waals surface area contributed by atoms with Crippen LogP contribution in [-0.4, -0.2) is 31.2 Å². The number of ether oxygens (including phenoxy) is 2. The van der Waals surface area contributed by atoms with Crippen molar-refractivity contribution in [2.24, 2.45) is 0 Å².